The molecule has 1 aromatic heterocycles. The molecule has 0 bridgehead atoms. The van der Waals surface area contributed by atoms with Crippen molar-refractivity contribution in [3.05, 3.63) is 62.5 Å². The van der Waals surface area contributed by atoms with Gasteiger partial charge >= 0.3 is 0 Å². The number of rotatable bonds is 4. The van der Waals surface area contributed by atoms with Gasteiger partial charge in [0.2, 0.25) is 0 Å². The summed E-state index contributed by atoms with van der Waals surface area (Å²) in [6, 6.07) is 9.37. The molecule has 7 heteroatoms. The van der Waals surface area contributed by atoms with Crippen LogP contribution in [0, 0.1) is 5.92 Å². The lowest BCUT2D eigenvalue weighted by molar-refractivity contribution is 0.0801. The molecule has 5 nitrogen and oxygen atoms in total. The Morgan fingerprint density at radius 2 is 1.83 bits per heavy atom. The van der Waals surface area contributed by atoms with Crippen molar-refractivity contribution in [3.8, 4) is 0 Å². The Balaban J connectivity index is 1.61. The Morgan fingerprint density at radius 3 is 2.50 bits per heavy atom. The molecule has 2 heterocycles. The molecule has 0 spiro atoms. The van der Waals surface area contributed by atoms with E-state index >= 15 is 0 Å². The van der Waals surface area contributed by atoms with Gasteiger partial charge in [0, 0.05) is 24.6 Å². The zero-order valence-electron chi connectivity index (χ0n) is 13.0. The zero-order chi connectivity index (χ0) is 17.1. The normalized spacial score (nSPS) is 16.2. The van der Waals surface area contributed by atoms with E-state index < -0.39 is 5.56 Å². The Labute approximate surface area is 149 Å². The summed E-state index contributed by atoms with van der Waals surface area (Å²) >= 11 is 11.6. The maximum Gasteiger partial charge on any atom is 0.288 e. The topological polar surface area (TPSA) is 55.2 Å². The number of ketones is 1. The van der Waals surface area contributed by atoms with Crippen molar-refractivity contribution in [2.24, 2.45) is 5.92 Å². The Hall–Kier alpha value is -1.69. The highest BCUT2D eigenvalue weighted by Crippen LogP contribution is 2.22. The lowest BCUT2D eigenvalue weighted by atomic mass is 9.89. The highest BCUT2D eigenvalue weighted by atomic mass is 35.5. The number of aromatic nitrogens is 2. The molecular formula is C17H17Cl2N3O2. The molecule has 0 unspecified atom stereocenters. The molecule has 3 rings (SSSR count). The number of carbonyl (C=O) groups excluding carboxylic acids is 1. The minimum Gasteiger partial charge on any atom is -0.294 e. The predicted molar refractivity (Wildman–Crippen MR) is 93.6 cm³/mol. The zero-order valence-corrected chi connectivity index (χ0v) is 14.5. The average Bonchev–Trinajstić information content (AvgIpc) is 2.63. The maximum atomic E-state index is 12.5. The monoisotopic (exact) mass is 365 g/mol. The molecule has 0 saturated carbocycles. The highest BCUT2D eigenvalue weighted by molar-refractivity contribution is 6.41. The van der Waals surface area contributed by atoms with Crippen molar-refractivity contribution in [2.45, 2.75) is 19.5 Å². The first kappa shape index (κ1) is 17.1. The van der Waals surface area contributed by atoms with Crippen molar-refractivity contribution in [1.82, 2.24) is 14.7 Å². The number of likely N-dealkylation sites (tertiary alicyclic amines) is 1. The van der Waals surface area contributed by atoms with E-state index in [-0.39, 0.29) is 21.7 Å². The largest absolute Gasteiger partial charge is 0.294 e. The average molecular weight is 366 g/mol. The molecule has 0 amide bonds. The molecule has 1 aliphatic rings. The molecule has 1 fully saturated rings. The molecule has 0 N–H and O–H groups in total. The molecule has 0 atom stereocenters. The van der Waals surface area contributed by atoms with E-state index in [4.69, 9.17) is 23.2 Å². The lowest BCUT2D eigenvalue weighted by Gasteiger charge is -2.31. The van der Waals surface area contributed by atoms with Crippen LogP contribution in [0.15, 0.2) is 41.3 Å². The molecule has 0 aliphatic carbocycles. The van der Waals surface area contributed by atoms with Crippen molar-refractivity contribution in [1.29, 1.82) is 0 Å². The van der Waals surface area contributed by atoms with Gasteiger partial charge in [0.25, 0.3) is 5.56 Å². The minimum absolute atomic E-state index is 0.0131. The quantitative estimate of drug-likeness (QED) is 0.781. The van der Waals surface area contributed by atoms with Gasteiger partial charge in [0.05, 0.1) is 17.9 Å². The molecule has 1 aliphatic heterocycles. The van der Waals surface area contributed by atoms with Crippen LogP contribution in [-0.2, 0) is 6.67 Å². The van der Waals surface area contributed by atoms with Crippen LogP contribution in [0.4, 0.5) is 0 Å². The van der Waals surface area contributed by atoms with Gasteiger partial charge in [-0.3, -0.25) is 14.5 Å². The van der Waals surface area contributed by atoms with Crippen molar-refractivity contribution in [3.63, 3.8) is 0 Å². The third-order valence-corrected chi connectivity index (χ3v) is 5.04. The van der Waals surface area contributed by atoms with Crippen LogP contribution in [0.1, 0.15) is 23.2 Å². The van der Waals surface area contributed by atoms with Crippen molar-refractivity contribution < 1.29 is 4.79 Å². The van der Waals surface area contributed by atoms with Crippen LogP contribution in [-0.4, -0.2) is 33.6 Å². The van der Waals surface area contributed by atoms with E-state index in [1.807, 2.05) is 30.3 Å². The number of benzene rings is 1. The van der Waals surface area contributed by atoms with Crippen LogP contribution in [0.2, 0.25) is 10.0 Å². The van der Waals surface area contributed by atoms with Gasteiger partial charge in [-0.05, 0) is 12.8 Å². The number of piperidine rings is 1. The molecule has 1 aromatic carbocycles. The summed E-state index contributed by atoms with van der Waals surface area (Å²) in [5.74, 6) is 0.224. The van der Waals surface area contributed by atoms with Crippen LogP contribution in [0.25, 0.3) is 0 Å². The number of carbonyl (C=O) groups is 1. The Kier molecular flexibility index (Phi) is 5.33. The fourth-order valence-corrected chi connectivity index (χ4v) is 3.18. The molecule has 1 saturated heterocycles. The molecule has 2 aromatic rings. The first-order valence-electron chi connectivity index (χ1n) is 7.79. The maximum absolute atomic E-state index is 12.5. The fraction of sp³-hybridized carbons (Fsp3) is 0.353. The lowest BCUT2D eigenvalue weighted by Crippen LogP contribution is -2.40. The predicted octanol–water partition coefficient (Wildman–Crippen LogP) is 3.10. The second-order valence-electron chi connectivity index (χ2n) is 5.88. The van der Waals surface area contributed by atoms with Gasteiger partial charge < -0.3 is 0 Å². The first-order valence-corrected chi connectivity index (χ1v) is 8.54. The second kappa shape index (κ2) is 7.47. The number of Topliss-reactive ketones (excluding diaryl/α,β-unsaturated/α-hetero) is 1. The minimum atomic E-state index is -0.397. The Morgan fingerprint density at radius 1 is 1.17 bits per heavy atom. The molecule has 24 heavy (non-hydrogen) atoms. The Bertz CT molecular complexity index is 784. The smallest absolute Gasteiger partial charge is 0.288 e. The second-order valence-corrected chi connectivity index (χ2v) is 6.66. The van der Waals surface area contributed by atoms with Gasteiger partial charge in [0.15, 0.2) is 5.78 Å². The van der Waals surface area contributed by atoms with Gasteiger partial charge in [-0.15, -0.1) is 0 Å². The van der Waals surface area contributed by atoms with Crippen LogP contribution in [0.3, 0.4) is 0 Å². The number of nitrogens with zero attached hydrogens (tertiary/aromatic N) is 3. The van der Waals surface area contributed by atoms with Gasteiger partial charge in [0.1, 0.15) is 5.02 Å². The molecule has 0 radical (unpaired) electrons. The number of halogens is 2. The summed E-state index contributed by atoms with van der Waals surface area (Å²) in [5, 5.41) is 4.16. The summed E-state index contributed by atoms with van der Waals surface area (Å²) in [6.07, 6.45) is 2.91. The summed E-state index contributed by atoms with van der Waals surface area (Å²) in [6.45, 7) is 1.82. The van der Waals surface area contributed by atoms with Crippen LogP contribution >= 0.6 is 23.2 Å². The van der Waals surface area contributed by atoms with Gasteiger partial charge in [-0.25, -0.2) is 4.68 Å². The third kappa shape index (κ3) is 3.69. The number of hydrogen-bond acceptors (Lipinski definition) is 4. The van der Waals surface area contributed by atoms with E-state index in [0.717, 1.165) is 31.5 Å². The van der Waals surface area contributed by atoms with E-state index in [9.17, 15) is 9.59 Å². The molecule has 126 valence electrons. The van der Waals surface area contributed by atoms with Crippen LogP contribution in [0.5, 0.6) is 0 Å². The molecular weight excluding hydrogens is 349 g/mol. The van der Waals surface area contributed by atoms with Crippen molar-refractivity contribution in [2.75, 3.05) is 13.1 Å². The summed E-state index contributed by atoms with van der Waals surface area (Å²) in [7, 11) is 0. The number of hydrogen-bond donors (Lipinski definition) is 0. The van der Waals surface area contributed by atoms with Gasteiger partial charge in [-0.2, -0.15) is 5.10 Å². The fourth-order valence-electron chi connectivity index (χ4n) is 2.91. The highest BCUT2D eigenvalue weighted by Gasteiger charge is 2.26. The summed E-state index contributed by atoms with van der Waals surface area (Å²) in [4.78, 5) is 26.6. The van der Waals surface area contributed by atoms with Crippen molar-refractivity contribution >= 4 is 29.0 Å². The van der Waals surface area contributed by atoms with Crippen LogP contribution < -0.4 is 5.56 Å². The van der Waals surface area contributed by atoms with E-state index in [1.54, 1.807) is 0 Å². The first-order chi connectivity index (χ1) is 11.6. The third-order valence-electron chi connectivity index (χ3n) is 4.29. The van der Waals surface area contributed by atoms with E-state index in [2.05, 4.69) is 10.00 Å². The van der Waals surface area contributed by atoms with E-state index in [0.29, 0.717) is 6.67 Å². The SMILES string of the molecule is O=C(c1ccccc1)C1CCN(Cn2ncc(Cl)c(Cl)c2=O)CC1. The van der Waals surface area contributed by atoms with E-state index in [1.165, 1.54) is 10.9 Å². The summed E-state index contributed by atoms with van der Waals surface area (Å²) in [5.41, 5.74) is 0.366. The van der Waals surface area contributed by atoms with Gasteiger partial charge in [-0.1, -0.05) is 53.5 Å². The summed E-state index contributed by atoms with van der Waals surface area (Å²) < 4.78 is 1.30. The standard InChI is InChI=1S/C17H17Cl2N3O2/c18-14-10-20-22(17(24)15(14)19)11-21-8-6-13(7-9-21)16(23)12-4-2-1-3-5-12/h1-5,10,13H,6-9,11H2.